The summed E-state index contributed by atoms with van der Waals surface area (Å²) in [4.78, 5) is 28.1. The van der Waals surface area contributed by atoms with Gasteiger partial charge in [-0.3, -0.25) is 9.69 Å². The van der Waals surface area contributed by atoms with Gasteiger partial charge in [0.1, 0.15) is 0 Å². The minimum absolute atomic E-state index is 0.00851. The Bertz CT molecular complexity index is 821. The van der Waals surface area contributed by atoms with E-state index in [0.717, 1.165) is 43.6 Å². The van der Waals surface area contributed by atoms with Gasteiger partial charge in [0.25, 0.3) is 0 Å². The van der Waals surface area contributed by atoms with Gasteiger partial charge >= 0.3 is 5.97 Å². The fraction of sp³-hybridized carbons (Fsp3) is 0.545. The highest BCUT2D eigenvalue weighted by molar-refractivity contribution is 6.07. The zero-order valence-electron chi connectivity index (χ0n) is 16.7. The topological polar surface area (TPSA) is 67.9 Å². The van der Waals surface area contributed by atoms with Crippen LogP contribution in [0.25, 0.3) is 0 Å². The fourth-order valence-electron chi connectivity index (χ4n) is 5.63. The number of hydrogen-bond acceptors (Lipinski definition) is 5. The monoisotopic (exact) mass is 384 g/mol. The second-order valence-corrected chi connectivity index (χ2v) is 8.04. The van der Waals surface area contributed by atoms with Crippen LogP contribution in [0.2, 0.25) is 0 Å². The number of anilines is 1. The van der Waals surface area contributed by atoms with E-state index in [1.807, 2.05) is 18.2 Å². The van der Waals surface area contributed by atoms with Crippen molar-refractivity contribution in [2.75, 3.05) is 32.6 Å². The Balaban J connectivity index is 1.74. The normalized spacial score (nSPS) is 32.0. The van der Waals surface area contributed by atoms with Crippen LogP contribution in [0.15, 0.2) is 36.1 Å². The van der Waals surface area contributed by atoms with Gasteiger partial charge < -0.3 is 14.8 Å². The molecular formula is C22H28N2O4. The summed E-state index contributed by atoms with van der Waals surface area (Å²) in [6.07, 6.45) is 4.04. The fourth-order valence-corrected chi connectivity index (χ4v) is 5.63. The van der Waals surface area contributed by atoms with E-state index in [2.05, 4.69) is 23.2 Å². The van der Waals surface area contributed by atoms with Gasteiger partial charge in [-0.1, -0.05) is 31.5 Å². The number of ether oxygens (including phenoxy) is 2. The van der Waals surface area contributed by atoms with Crippen molar-refractivity contribution < 1.29 is 19.1 Å². The van der Waals surface area contributed by atoms with Gasteiger partial charge in [0.05, 0.1) is 31.5 Å². The second-order valence-electron chi connectivity index (χ2n) is 8.04. The lowest BCUT2D eigenvalue weighted by atomic mass is 9.67. The van der Waals surface area contributed by atoms with Crippen molar-refractivity contribution in [3.8, 4) is 0 Å². The smallest absolute Gasteiger partial charge is 0.337 e. The van der Waals surface area contributed by atoms with Crippen molar-refractivity contribution >= 4 is 17.6 Å². The third-order valence-corrected chi connectivity index (χ3v) is 6.97. The molecule has 4 rings (SSSR count). The van der Waals surface area contributed by atoms with Gasteiger partial charge in [0, 0.05) is 18.3 Å². The van der Waals surface area contributed by atoms with E-state index in [4.69, 9.17) is 9.47 Å². The van der Waals surface area contributed by atoms with Crippen molar-refractivity contribution in [1.29, 1.82) is 0 Å². The highest BCUT2D eigenvalue weighted by Gasteiger charge is 2.60. The van der Waals surface area contributed by atoms with E-state index in [0.29, 0.717) is 11.5 Å². The molecule has 0 aromatic heterocycles. The molecule has 0 bridgehead atoms. The molecule has 28 heavy (non-hydrogen) atoms. The van der Waals surface area contributed by atoms with Crippen LogP contribution in [-0.2, 0) is 24.5 Å². The van der Waals surface area contributed by atoms with Gasteiger partial charge in [-0.15, -0.1) is 0 Å². The number of fused-ring (bicyclic) bond motifs is 4. The molecule has 3 heterocycles. The summed E-state index contributed by atoms with van der Waals surface area (Å²) in [6.45, 7) is 3.93. The van der Waals surface area contributed by atoms with Crippen molar-refractivity contribution in [2.45, 2.75) is 37.6 Å². The Morgan fingerprint density at radius 3 is 2.86 bits per heavy atom. The molecule has 1 spiro atoms. The Kier molecular flexibility index (Phi) is 4.91. The number of hydrogen-bond donors (Lipinski definition) is 1. The van der Waals surface area contributed by atoms with Crippen LogP contribution in [0, 0.1) is 11.8 Å². The number of benzene rings is 1. The molecule has 3 aliphatic rings. The number of carbonyl (C=O) groups excluding carboxylic acids is 2. The molecule has 0 aliphatic carbocycles. The maximum absolute atomic E-state index is 13.2. The molecule has 1 unspecified atom stereocenters. The molecule has 0 radical (unpaired) electrons. The zero-order valence-corrected chi connectivity index (χ0v) is 16.7. The number of nitrogens with one attached hydrogen (secondary N) is 1. The number of amides is 1. The molecule has 0 saturated carbocycles. The van der Waals surface area contributed by atoms with Crippen molar-refractivity contribution in [3.05, 3.63) is 41.7 Å². The predicted octanol–water partition coefficient (Wildman–Crippen LogP) is 2.70. The van der Waals surface area contributed by atoms with Crippen LogP contribution < -0.4 is 5.32 Å². The van der Waals surface area contributed by atoms with Crippen molar-refractivity contribution in [2.24, 2.45) is 11.8 Å². The molecule has 2 saturated heterocycles. The lowest BCUT2D eigenvalue weighted by Crippen LogP contribution is -2.53. The number of methoxy groups -OCH3 is 2. The molecule has 150 valence electrons. The first kappa shape index (κ1) is 19.0. The number of carbonyl (C=O) groups is 2. The van der Waals surface area contributed by atoms with E-state index in [1.165, 1.54) is 13.4 Å². The third kappa shape index (κ3) is 2.65. The molecule has 3 aliphatic heterocycles. The average Bonchev–Trinajstić information content (AvgIpc) is 3.23. The highest BCUT2D eigenvalue weighted by Crippen LogP contribution is 2.53. The molecule has 1 aromatic carbocycles. The minimum atomic E-state index is -0.540. The summed E-state index contributed by atoms with van der Waals surface area (Å²) in [5.74, 6) is 0.0769. The van der Waals surface area contributed by atoms with Gasteiger partial charge in [0.2, 0.25) is 5.91 Å². The summed E-state index contributed by atoms with van der Waals surface area (Å²) in [5.41, 5.74) is 2.05. The molecule has 2 fully saturated rings. The average molecular weight is 384 g/mol. The maximum Gasteiger partial charge on any atom is 0.337 e. The minimum Gasteiger partial charge on any atom is -0.504 e. The summed E-state index contributed by atoms with van der Waals surface area (Å²) >= 11 is 0. The molecule has 6 heteroatoms. The maximum atomic E-state index is 13.2. The van der Waals surface area contributed by atoms with Crippen molar-refractivity contribution in [1.82, 2.24) is 4.90 Å². The predicted molar refractivity (Wildman–Crippen MR) is 106 cm³/mol. The summed E-state index contributed by atoms with van der Waals surface area (Å²) in [7, 11) is 2.95. The molecule has 6 nitrogen and oxygen atoms in total. The largest absolute Gasteiger partial charge is 0.504 e. The van der Waals surface area contributed by atoms with Crippen LogP contribution in [0.5, 0.6) is 0 Å². The third-order valence-electron chi connectivity index (χ3n) is 6.97. The first-order chi connectivity index (χ1) is 13.6. The lowest BCUT2D eigenvalue weighted by molar-refractivity contribution is -0.137. The lowest BCUT2D eigenvalue weighted by Gasteiger charge is -2.45. The first-order valence-corrected chi connectivity index (χ1v) is 10.0. The van der Waals surface area contributed by atoms with E-state index >= 15 is 0 Å². The number of esters is 1. The Labute approximate surface area is 165 Å². The number of piperidine rings is 1. The number of rotatable bonds is 4. The summed E-state index contributed by atoms with van der Waals surface area (Å²) in [5, 5.41) is 3.10. The molecule has 1 N–H and O–H groups in total. The SMILES string of the molecule is CC[C@H]1CN2CC[C@@]3(C(=O)Nc4ccccc43)C2C[C@@H]1C(=COC)C(=O)OC. The van der Waals surface area contributed by atoms with Crippen LogP contribution >= 0.6 is 0 Å². The van der Waals surface area contributed by atoms with Crippen LogP contribution in [-0.4, -0.2) is 50.1 Å². The van der Waals surface area contributed by atoms with Crippen LogP contribution in [0.3, 0.4) is 0 Å². The van der Waals surface area contributed by atoms with Crippen LogP contribution in [0.1, 0.15) is 31.7 Å². The molecule has 1 aromatic rings. The second kappa shape index (κ2) is 7.24. The van der Waals surface area contributed by atoms with E-state index in [1.54, 1.807) is 7.11 Å². The van der Waals surface area contributed by atoms with E-state index in [-0.39, 0.29) is 23.8 Å². The van der Waals surface area contributed by atoms with Gasteiger partial charge in [-0.05, 0) is 42.9 Å². The van der Waals surface area contributed by atoms with Gasteiger partial charge in [0.15, 0.2) is 0 Å². The van der Waals surface area contributed by atoms with Gasteiger partial charge in [-0.25, -0.2) is 4.79 Å². The Hall–Kier alpha value is -2.34. The summed E-state index contributed by atoms with van der Waals surface area (Å²) < 4.78 is 10.3. The summed E-state index contributed by atoms with van der Waals surface area (Å²) in [6, 6.07) is 8.07. The Morgan fingerprint density at radius 1 is 1.36 bits per heavy atom. The van der Waals surface area contributed by atoms with Crippen molar-refractivity contribution in [3.63, 3.8) is 0 Å². The first-order valence-electron chi connectivity index (χ1n) is 10.0. The number of nitrogens with zero attached hydrogens (tertiary/aromatic N) is 1. The highest BCUT2D eigenvalue weighted by atomic mass is 16.5. The zero-order chi connectivity index (χ0) is 19.9. The molecular weight excluding hydrogens is 356 g/mol. The Morgan fingerprint density at radius 2 is 2.14 bits per heavy atom. The van der Waals surface area contributed by atoms with Crippen LogP contribution in [0.4, 0.5) is 5.69 Å². The molecule has 1 amide bonds. The van der Waals surface area contributed by atoms with E-state index < -0.39 is 5.41 Å². The van der Waals surface area contributed by atoms with Gasteiger partial charge in [-0.2, -0.15) is 0 Å². The standard InChI is InChI=1S/C22H28N2O4/c1-4-14-12-24-10-9-22(17-7-5-6-8-18(17)23-21(22)26)19(24)11-15(14)16(13-27-2)20(25)28-3/h5-8,13-15,19H,4,9-12H2,1-3H3,(H,23,26)/t14-,15-,19?,22-/m0/s1. The molecule has 4 atom stereocenters. The number of para-hydroxylation sites is 1. The van der Waals surface area contributed by atoms with E-state index in [9.17, 15) is 9.59 Å². The quantitative estimate of drug-likeness (QED) is 0.491.